The summed E-state index contributed by atoms with van der Waals surface area (Å²) >= 11 is 0. The normalized spacial score (nSPS) is 19.9. The number of carbonyl (C=O) groups is 2. The summed E-state index contributed by atoms with van der Waals surface area (Å²) < 4.78 is 23.5. The second-order valence-corrected chi connectivity index (χ2v) is 7.75. The Morgan fingerprint density at radius 2 is 1.90 bits per heavy atom. The van der Waals surface area contributed by atoms with Crippen LogP contribution in [0.15, 0.2) is 24.3 Å². The van der Waals surface area contributed by atoms with Gasteiger partial charge in [0.2, 0.25) is 5.91 Å². The average Bonchev–Trinajstić information content (AvgIpc) is 3.12. The predicted molar refractivity (Wildman–Crippen MR) is 111 cm³/mol. The number of piperidine rings is 1. The van der Waals surface area contributed by atoms with Gasteiger partial charge in [-0.05, 0) is 63.4 Å². The van der Waals surface area contributed by atoms with E-state index in [0.717, 1.165) is 32.2 Å². The van der Waals surface area contributed by atoms with Crippen molar-refractivity contribution in [1.82, 2.24) is 15.1 Å². The van der Waals surface area contributed by atoms with E-state index in [0.29, 0.717) is 45.0 Å². The number of hydrogen-bond acceptors (Lipinski definition) is 5. The molecule has 30 heavy (non-hydrogen) atoms. The van der Waals surface area contributed by atoms with Gasteiger partial charge in [0, 0.05) is 38.1 Å². The number of carbonyl (C=O) groups excluding carboxylic acids is 2. The Balaban J connectivity index is 1.36. The van der Waals surface area contributed by atoms with E-state index in [1.165, 1.54) is 12.1 Å². The summed E-state index contributed by atoms with van der Waals surface area (Å²) in [6.45, 7) is 5.47. The maximum absolute atomic E-state index is 12.9. The first-order chi connectivity index (χ1) is 14.6. The van der Waals surface area contributed by atoms with Gasteiger partial charge in [0.1, 0.15) is 18.2 Å². The minimum absolute atomic E-state index is 0.206. The average molecular weight is 422 g/mol. The topological polar surface area (TPSA) is 71.1 Å². The first-order valence-electron chi connectivity index (χ1n) is 10.9. The molecule has 0 aliphatic carbocycles. The van der Waals surface area contributed by atoms with Gasteiger partial charge in [-0.1, -0.05) is 0 Å². The third-order valence-electron chi connectivity index (χ3n) is 5.77. The minimum atomic E-state index is -0.275. The van der Waals surface area contributed by atoms with Gasteiger partial charge < -0.3 is 24.6 Å². The second-order valence-electron chi connectivity index (χ2n) is 7.75. The van der Waals surface area contributed by atoms with Crippen molar-refractivity contribution in [2.24, 2.45) is 0 Å². The van der Waals surface area contributed by atoms with Crippen LogP contribution >= 0.6 is 0 Å². The van der Waals surface area contributed by atoms with Crippen LogP contribution in [0, 0.1) is 5.82 Å². The molecule has 1 aromatic rings. The third-order valence-corrected chi connectivity index (χ3v) is 5.77. The van der Waals surface area contributed by atoms with E-state index in [1.807, 2.05) is 0 Å². The molecule has 8 heteroatoms. The zero-order valence-electron chi connectivity index (χ0n) is 17.6. The maximum Gasteiger partial charge on any atom is 0.409 e. The highest BCUT2D eigenvalue weighted by molar-refractivity contribution is 5.79. The zero-order chi connectivity index (χ0) is 21.3. The first-order valence-corrected chi connectivity index (χ1v) is 10.9. The van der Waals surface area contributed by atoms with E-state index < -0.39 is 0 Å². The van der Waals surface area contributed by atoms with Gasteiger partial charge in [0.15, 0.2) is 0 Å². The molecule has 0 spiro atoms. The molecule has 3 rings (SSSR count). The molecule has 2 aliphatic heterocycles. The molecule has 2 fully saturated rings. The van der Waals surface area contributed by atoms with E-state index in [2.05, 4.69) is 10.2 Å². The first kappa shape index (κ1) is 22.3. The van der Waals surface area contributed by atoms with Gasteiger partial charge >= 0.3 is 6.09 Å². The van der Waals surface area contributed by atoms with Crippen molar-refractivity contribution in [2.45, 2.75) is 51.1 Å². The minimum Gasteiger partial charge on any atom is -0.492 e. The molecule has 2 heterocycles. The molecule has 0 bridgehead atoms. The number of nitrogens with zero attached hydrogens (tertiary/aromatic N) is 2. The Bertz CT molecular complexity index is 692. The fraction of sp³-hybridized carbons (Fsp3) is 0.636. The highest BCUT2D eigenvalue weighted by Gasteiger charge is 2.37. The fourth-order valence-electron chi connectivity index (χ4n) is 4.25. The van der Waals surface area contributed by atoms with Crippen LogP contribution in [0.4, 0.5) is 9.18 Å². The molecular weight excluding hydrogens is 389 g/mol. The van der Waals surface area contributed by atoms with Crippen LogP contribution in [-0.4, -0.2) is 73.3 Å². The standard InChI is InChI=1S/C22H32FN3O4/c1-2-29-22(28)25-14-10-19(11-15-25)26-18(5-8-21(26)27)9-12-24-13-16-30-20-6-3-17(23)4-7-20/h3-4,6-7,18-19,24H,2,5,8-16H2,1H3/t18-/m1/s1. The van der Waals surface area contributed by atoms with E-state index >= 15 is 0 Å². The van der Waals surface area contributed by atoms with Crippen LogP contribution in [0.2, 0.25) is 0 Å². The smallest absolute Gasteiger partial charge is 0.409 e. The summed E-state index contributed by atoms with van der Waals surface area (Å²) in [4.78, 5) is 28.2. The lowest BCUT2D eigenvalue weighted by Gasteiger charge is -2.39. The van der Waals surface area contributed by atoms with Crippen molar-refractivity contribution in [1.29, 1.82) is 0 Å². The van der Waals surface area contributed by atoms with E-state index in [9.17, 15) is 14.0 Å². The third kappa shape index (κ3) is 6.08. The van der Waals surface area contributed by atoms with Crippen molar-refractivity contribution in [3.8, 4) is 5.75 Å². The highest BCUT2D eigenvalue weighted by Crippen LogP contribution is 2.28. The molecule has 7 nitrogen and oxygen atoms in total. The molecule has 1 atom stereocenters. The molecule has 2 saturated heterocycles. The van der Waals surface area contributed by atoms with Gasteiger partial charge in [-0.15, -0.1) is 0 Å². The molecule has 0 saturated carbocycles. The number of likely N-dealkylation sites (tertiary alicyclic amines) is 2. The van der Waals surface area contributed by atoms with Crippen LogP contribution in [-0.2, 0) is 9.53 Å². The Hall–Kier alpha value is -2.35. The second kappa shape index (κ2) is 11.2. The lowest BCUT2D eigenvalue weighted by Crippen LogP contribution is -2.50. The summed E-state index contributed by atoms with van der Waals surface area (Å²) in [5.41, 5.74) is 0. The molecule has 0 radical (unpaired) electrons. The number of hydrogen-bond donors (Lipinski definition) is 1. The number of amides is 2. The summed E-state index contributed by atoms with van der Waals surface area (Å²) in [5.74, 6) is 0.608. The molecule has 2 amide bonds. The highest BCUT2D eigenvalue weighted by atomic mass is 19.1. The summed E-state index contributed by atoms with van der Waals surface area (Å²) in [5, 5.41) is 3.36. The number of benzene rings is 1. The fourth-order valence-corrected chi connectivity index (χ4v) is 4.25. The van der Waals surface area contributed by atoms with Crippen molar-refractivity contribution >= 4 is 12.0 Å². The Morgan fingerprint density at radius 3 is 2.60 bits per heavy atom. The van der Waals surface area contributed by atoms with Gasteiger partial charge in [-0.2, -0.15) is 0 Å². The van der Waals surface area contributed by atoms with Crippen LogP contribution in [0.1, 0.15) is 39.0 Å². The van der Waals surface area contributed by atoms with Gasteiger partial charge in [-0.3, -0.25) is 4.79 Å². The Morgan fingerprint density at radius 1 is 1.17 bits per heavy atom. The molecular formula is C22H32FN3O4. The van der Waals surface area contributed by atoms with E-state index in [-0.39, 0.29) is 29.9 Å². The van der Waals surface area contributed by atoms with Gasteiger partial charge in [-0.25, -0.2) is 9.18 Å². The predicted octanol–water partition coefficient (Wildman–Crippen LogP) is 2.80. The zero-order valence-corrected chi connectivity index (χ0v) is 17.6. The van der Waals surface area contributed by atoms with Crippen molar-refractivity contribution < 1.29 is 23.5 Å². The van der Waals surface area contributed by atoms with Gasteiger partial charge in [0.25, 0.3) is 0 Å². The summed E-state index contributed by atoms with van der Waals surface area (Å²) in [6, 6.07) is 6.45. The van der Waals surface area contributed by atoms with Crippen LogP contribution in [0.25, 0.3) is 0 Å². The van der Waals surface area contributed by atoms with Crippen molar-refractivity contribution in [3.05, 3.63) is 30.1 Å². The summed E-state index contributed by atoms with van der Waals surface area (Å²) in [7, 11) is 0. The maximum atomic E-state index is 12.9. The molecule has 0 unspecified atom stereocenters. The number of halogens is 1. The van der Waals surface area contributed by atoms with E-state index in [4.69, 9.17) is 9.47 Å². The lowest BCUT2D eigenvalue weighted by atomic mass is 10.0. The van der Waals surface area contributed by atoms with Crippen LogP contribution < -0.4 is 10.1 Å². The van der Waals surface area contributed by atoms with Crippen LogP contribution in [0.3, 0.4) is 0 Å². The molecule has 166 valence electrons. The largest absolute Gasteiger partial charge is 0.492 e. The molecule has 0 aromatic heterocycles. The lowest BCUT2D eigenvalue weighted by molar-refractivity contribution is -0.132. The van der Waals surface area contributed by atoms with Crippen molar-refractivity contribution in [3.63, 3.8) is 0 Å². The summed E-state index contributed by atoms with van der Waals surface area (Å²) in [6.07, 6.45) is 3.76. The van der Waals surface area contributed by atoms with E-state index in [1.54, 1.807) is 24.0 Å². The van der Waals surface area contributed by atoms with Crippen LogP contribution in [0.5, 0.6) is 5.75 Å². The van der Waals surface area contributed by atoms with Gasteiger partial charge in [0.05, 0.1) is 6.61 Å². The monoisotopic (exact) mass is 421 g/mol. The Labute approximate surface area is 177 Å². The molecule has 2 aliphatic rings. The number of rotatable bonds is 9. The number of ether oxygens (including phenoxy) is 2. The molecule has 1 aromatic carbocycles. The molecule has 1 N–H and O–H groups in total. The van der Waals surface area contributed by atoms with Crippen molar-refractivity contribution in [2.75, 3.05) is 39.4 Å². The SMILES string of the molecule is CCOC(=O)N1CCC(N2C(=O)CC[C@@H]2CCNCCOc2ccc(F)cc2)CC1. The quantitative estimate of drug-likeness (QED) is 0.621. The number of nitrogens with one attached hydrogen (secondary N) is 1. The Kier molecular flexibility index (Phi) is 8.30.